The number of nitriles is 1. The van der Waals surface area contributed by atoms with Crippen molar-refractivity contribution in [2.45, 2.75) is 13.0 Å². The van der Waals surface area contributed by atoms with Gasteiger partial charge in [-0.15, -0.1) is 0 Å². The number of rotatable bonds is 3. The molecule has 1 unspecified atom stereocenters. The normalized spacial score (nSPS) is 11.6. The molecule has 0 aliphatic heterocycles. The Morgan fingerprint density at radius 1 is 1.50 bits per heavy atom. The largest absolute Gasteiger partial charge is 0.473 e. The fraction of sp³-hybridized carbons (Fsp3) is 0.222. The maximum Gasteiger partial charge on any atom is 0.307 e. The maximum atomic E-state index is 13.2. The zero-order chi connectivity index (χ0) is 12.3. The Kier molecular flexibility index (Phi) is 3.35. The van der Waals surface area contributed by atoms with Gasteiger partial charge in [0.25, 0.3) is 0 Å². The van der Waals surface area contributed by atoms with Crippen molar-refractivity contribution in [3.05, 3.63) is 33.9 Å². The van der Waals surface area contributed by atoms with Crippen molar-refractivity contribution >= 4 is 5.69 Å². The topological polar surface area (TPSA) is 76.2 Å². The fourth-order valence-electron chi connectivity index (χ4n) is 0.965. The number of halogens is 2. The number of benzene rings is 1. The summed E-state index contributed by atoms with van der Waals surface area (Å²) in [6.45, 7) is 1.33. The van der Waals surface area contributed by atoms with Gasteiger partial charge in [-0.2, -0.15) is 9.65 Å². The van der Waals surface area contributed by atoms with Crippen LogP contribution in [0.15, 0.2) is 12.1 Å². The molecule has 0 saturated carbocycles. The molecule has 1 aromatic carbocycles. The molecule has 0 spiro atoms. The number of hydrogen-bond donors (Lipinski definition) is 0. The standard InChI is InChI=1S/C9H6F2N2O3/c1-5(4-12)16-9-3-6(10)8(13(14)15)2-7(9)11/h2-3,5H,1H3. The molecule has 1 aromatic rings. The van der Waals surface area contributed by atoms with Gasteiger partial charge in [0.1, 0.15) is 6.07 Å². The zero-order valence-electron chi connectivity index (χ0n) is 8.11. The summed E-state index contributed by atoms with van der Waals surface area (Å²) in [5, 5.41) is 18.7. The Balaban J connectivity index is 3.11. The van der Waals surface area contributed by atoms with Crippen LogP contribution >= 0.6 is 0 Å². The Labute approximate surface area is 89.0 Å². The highest BCUT2D eigenvalue weighted by Crippen LogP contribution is 2.26. The summed E-state index contributed by atoms with van der Waals surface area (Å²) in [5.41, 5.74) is -0.977. The number of ether oxygens (including phenoxy) is 1. The summed E-state index contributed by atoms with van der Waals surface area (Å²) in [6.07, 6.45) is -0.977. The monoisotopic (exact) mass is 228 g/mol. The van der Waals surface area contributed by atoms with Gasteiger partial charge >= 0.3 is 5.69 Å². The van der Waals surface area contributed by atoms with Crippen molar-refractivity contribution in [1.29, 1.82) is 5.26 Å². The SMILES string of the molecule is CC(C#N)Oc1cc(F)c([N+](=O)[O-])cc1F. The minimum absolute atomic E-state index is 0.411. The Hall–Kier alpha value is -2.23. The lowest BCUT2D eigenvalue weighted by molar-refractivity contribution is -0.387. The van der Waals surface area contributed by atoms with Crippen LogP contribution in [-0.4, -0.2) is 11.0 Å². The lowest BCUT2D eigenvalue weighted by Crippen LogP contribution is -2.10. The van der Waals surface area contributed by atoms with Crippen LogP contribution in [0, 0.1) is 33.1 Å². The molecular weight excluding hydrogens is 222 g/mol. The third-order valence-electron chi connectivity index (χ3n) is 1.68. The van der Waals surface area contributed by atoms with Crippen molar-refractivity contribution in [1.82, 2.24) is 0 Å². The molecule has 0 amide bonds. The van der Waals surface area contributed by atoms with E-state index in [2.05, 4.69) is 0 Å². The van der Waals surface area contributed by atoms with Crippen LogP contribution in [0.5, 0.6) is 5.75 Å². The average molecular weight is 228 g/mol. The molecule has 0 aliphatic carbocycles. The van der Waals surface area contributed by atoms with E-state index in [9.17, 15) is 18.9 Å². The highest BCUT2D eigenvalue weighted by molar-refractivity contribution is 5.39. The second kappa shape index (κ2) is 4.53. The van der Waals surface area contributed by atoms with E-state index in [1.54, 1.807) is 6.07 Å². The van der Waals surface area contributed by atoms with E-state index in [1.165, 1.54) is 6.92 Å². The highest BCUT2D eigenvalue weighted by atomic mass is 19.1. The van der Waals surface area contributed by atoms with Gasteiger partial charge in [-0.3, -0.25) is 10.1 Å². The van der Waals surface area contributed by atoms with Crippen molar-refractivity contribution in [2.24, 2.45) is 0 Å². The molecule has 0 aromatic heterocycles. The predicted molar refractivity (Wildman–Crippen MR) is 48.7 cm³/mol. The molecular formula is C9H6F2N2O3. The summed E-state index contributed by atoms with van der Waals surface area (Å²) in [7, 11) is 0. The second-order valence-electron chi connectivity index (χ2n) is 2.88. The molecule has 0 N–H and O–H groups in total. The molecule has 1 atom stereocenters. The third kappa shape index (κ3) is 2.42. The molecule has 5 nitrogen and oxygen atoms in total. The smallest absolute Gasteiger partial charge is 0.307 e. The van der Waals surface area contributed by atoms with E-state index < -0.39 is 34.1 Å². The van der Waals surface area contributed by atoms with E-state index in [-0.39, 0.29) is 0 Å². The highest BCUT2D eigenvalue weighted by Gasteiger charge is 2.20. The fourth-order valence-corrected chi connectivity index (χ4v) is 0.965. The van der Waals surface area contributed by atoms with E-state index in [0.29, 0.717) is 12.1 Å². The number of nitro groups is 1. The van der Waals surface area contributed by atoms with E-state index >= 15 is 0 Å². The van der Waals surface area contributed by atoms with Gasteiger partial charge in [0.15, 0.2) is 17.7 Å². The van der Waals surface area contributed by atoms with Gasteiger partial charge in [-0.05, 0) is 6.92 Å². The minimum Gasteiger partial charge on any atom is -0.473 e. The van der Waals surface area contributed by atoms with Gasteiger partial charge in [-0.1, -0.05) is 0 Å². The molecule has 0 saturated heterocycles. The molecule has 0 radical (unpaired) electrons. The maximum absolute atomic E-state index is 13.2. The molecule has 0 aliphatic rings. The van der Waals surface area contributed by atoms with Crippen molar-refractivity contribution < 1.29 is 18.4 Å². The quantitative estimate of drug-likeness (QED) is 0.586. The zero-order valence-corrected chi connectivity index (χ0v) is 8.11. The molecule has 0 fully saturated rings. The Bertz CT molecular complexity index is 471. The van der Waals surface area contributed by atoms with Gasteiger partial charge < -0.3 is 4.74 Å². The van der Waals surface area contributed by atoms with E-state index in [0.717, 1.165) is 0 Å². The average Bonchev–Trinajstić information content (AvgIpc) is 2.22. The molecule has 0 bridgehead atoms. The van der Waals surface area contributed by atoms with Crippen molar-refractivity contribution in [3.8, 4) is 11.8 Å². The lowest BCUT2D eigenvalue weighted by Gasteiger charge is -2.08. The van der Waals surface area contributed by atoms with Crippen LogP contribution < -0.4 is 4.74 Å². The predicted octanol–water partition coefficient (Wildman–Crippen LogP) is 2.16. The van der Waals surface area contributed by atoms with Crippen molar-refractivity contribution in [2.75, 3.05) is 0 Å². The van der Waals surface area contributed by atoms with Crippen LogP contribution in [0.1, 0.15) is 6.92 Å². The van der Waals surface area contributed by atoms with Crippen LogP contribution in [0.3, 0.4) is 0 Å². The first-order valence-electron chi connectivity index (χ1n) is 4.15. The summed E-state index contributed by atoms with van der Waals surface area (Å²) in [4.78, 5) is 9.22. The molecule has 16 heavy (non-hydrogen) atoms. The molecule has 84 valence electrons. The molecule has 1 rings (SSSR count). The van der Waals surface area contributed by atoms with E-state index in [4.69, 9.17) is 10.00 Å². The molecule has 0 heterocycles. The van der Waals surface area contributed by atoms with Gasteiger partial charge in [-0.25, -0.2) is 4.39 Å². The summed E-state index contributed by atoms with van der Waals surface area (Å²) in [5.74, 6) is -2.83. The van der Waals surface area contributed by atoms with Gasteiger partial charge in [0.05, 0.1) is 11.0 Å². The third-order valence-corrected chi connectivity index (χ3v) is 1.68. The van der Waals surface area contributed by atoms with Crippen LogP contribution in [0.2, 0.25) is 0 Å². The first-order chi connectivity index (χ1) is 7.45. The first-order valence-corrected chi connectivity index (χ1v) is 4.15. The summed E-state index contributed by atoms with van der Waals surface area (Å²) >= 11 is 0. The Morgan fingerprint density at radius 3 is 2.62 bits per heavy atom. The van der Waals surface area contributed by atoms with Crippen LogP contribution in [0.4, 0.5) is 14.5 Å². The first kappa shape index (κ1) is 11.8. The molecule has 7 heteroatoms. The summed E-state index contributed by atoms with van der Waals surface area (Å²) < 4.78 is 31.0. The minimum atomic E-state index is -1.22. The Morgan fingerprint density at radius 2 is 2.12 bits per heavy atom. The number of hydrogen-bond acceptors (Lipinski definition) is 4. The van der Waals surface area contributed by atoms with E-state index in [1.807, 2.05) is 0 Å². The van der Waals surface area contributed by atoms with Crippen LogP contribution in [-0.2, 0) is 0 Å². The van der Waals surface area contributed by atoms with Gasteiger partial charge in [0.2, 0.25) is 5.82 Å². The van der Waals surface area contributed by atoms with Crippen LogP contribution in [0.25, 0.3) is 0 Å². The van der Waals surface area contributed by atoms with Crippen molar-refractivity contribution in [3.63, 3.8) is 0 Å². The summed E-state index contributed by atoms with van der Waals surface area (Å²) in [6, 6.07) is 2.61. The second-order valence-corrected chi connectivity index (χ2v) is 2.88. The number of nitro benzene ring substituents is 1. The lowest BCUT2D eigenvalue weighted by atomic mass is 10.2. The van der Waals surface area contributed by atoms with Gasteiger partial charge in [0, 0.05) is 6.07 Å². The number of nitrogens with zero attached hydrogens (tertiary/aromatic N) is 2.